The molecule has 0 aliphatic heterocycles. The summed E-state index contributed by atoms with van der Waals surface area (Å²) in [7, 11) is 0. The molecule has 17 heavy (non-hydrogen) atoms. The van der Waals surface area contributed by atoms with Crippen molar-refractivity contribution >= 4 is 5.78 Å². The molecule has 0 amide bonds. The largest absolute Gasteiger partial charge is 0.299 e. The molecule has 0 aromatic rings. The molecule has 0 aromatic carbocycles. The lowest BCUT2D eigenvalue weighted by Gasteiger charge is -2.14. The van der Waals surface area contributed by atoms with Gasteiger partial charge in [-0.3, -0.25) is 4.79 Å². The Kier molecular flexibility index (Phi) is 2.61. The molecule has 1 fully saturated rings. The highest BCUT2D eigenvalue weighted by molar-refractivity contribution is 5.94. The molecule has 0 radical (unpaired) electrons. The van der Waals surface area contributed by atoms with Gasteiger partial charge in [-0.05, 0) is 17.2 Å². The zero-order chi connectivity index (χ0) is 12.6. The summed E-state index contributed by atoms with van der Waals surface area (Å²) in [5, 5.41) is 17.5. The first kappa shape index (κ1) is 11.2. The second kappa shape index (κ2) is 3.95. The van der Waals surface area contributed by atoms with Crippen molar-refractivity contribution in [3.05, 3.63) is 34.4 Å². The second-order valence-electron chi connectivity index (χ2n) is 3.83. The third-order valence-corrected chi connectivity index (χ3v) is 2.91. The molecule has 2 aliphatic rings. The van der Waals surface area contributed by atoms with Gasteiger partial charge in [0.2, 0.25) is 0 Å². The molecule has 0 saturated heterocycles. The second-order valence-corrected chi connectivity index (χ2v) is 3.83. The van der Waals surface area contributed by atoms with Gasteiger partial charge in [-0.15, -0.1) is 0 Å². The van der Waals surface area contributed by atoms with Crippen LogP contribution < -0.4 is 0 Å². The number of nitriles is 2. The van der Waals surface area contributed by atoms with E-state index >= 15 is 0 Å². The number of nitrogens with zero attached hydrogens (tertiary/aromatic N) is 2. The van der Waals surface area contributed by atoms with Gasteiger partial charge in [0, 0.05) is 18.8 Å². The quantitative estimate of drug-likeness (QED) is 0.602. The number of halogens is 2. The van der Waals surface area contributed by atoms with E-state index in [0.29, 0.717) is 0 Å². The van der Waals surface area contributed by atoms with Crippen molar-refractivity contribution in [1.82, 2.24) is 0 Å². The normalized spacial score (nSPS) is 22.8. The van der Waals surface area contributed by atoms with Crippen LogP contribution in [-0.2, 0) is 4.79 Å². The summed E-state index contributed by atoms with van der Waals surface area (Å²) in [5.41, 5.74) is 0.293. The van der Waals surface area contributed by atoms with Crippen LogP contribution in [0.5, 0.6) is 0 Å². The number of ketones is 1. The van der Waals surface area contributed by atoms with Gasteiger partial charge in [-0.1, -0.05) is 0 Å². The first-order chi connectivity index (χ1) is 8.08. The molecule has 0 bridgehead atoms. The van der Waals surface area contributed by atoms with Crippen LogP contribution in [0.15, 0.2) is 34.4 Å². The lowest BCUT2D eigenvalue weighted by atomic mass is 9.90. The van der Waals surface area contributed by atoms with Crippen LogP contribution in [0.3, 0.4) is 0 Å². The third kappa shape index (κ3) is 1.66. The Labute approximate surface area is 96.0 Å². The molecular weight excluding hydrogens is 226 g/mol. The lowest BCUT2D eigenvalue weighted by molar-refractivity contribution is -0.120. The van der Waals surface area contributed by atoms with E-state index in [4.69, 9.17) is 10.5 Å². The number of allylic oxidation sites excluding steroid dienone is 6. The molecule has 3 nitrogen and oxygen atoms in total. The van der Waals surface area contributed by atoms with E-state index in [2.05, 4.69) is 0 Å². The topological polar surface area (TPSA) is 64.7 Å². The highest BCUT2D eigenvalue weighted by Crippen LogP contribution is 2.43. The summed E-state index contributed by atoms with van der Waals surface area (Å²) in [6.45, 7) is 0. The average molecular weight is 232 g/mol. The maximum atomic E-state index is 13.1. The molecule has 1 unspecified atom stereocenters. The van der Waals surface area contributed by atoms with Crippen LogP contribution in [0.2, 0.25) is 0 Å². The fourth-order valence-electron chi connectivity index (χ4n) is 2.08. The van der Waals surface area contributed by atoms with E-state index in [1.807, 2.05) is 0 Å². The Hall–Kier alpha value is -2.27. The SMILES string of the molecule is N#CC(C#N)=C1CC(=O)C2CC(F)=C(F)C=C12. The Balaban J connectivity index is 2.60. The Bertz CT molecular complexity index is 569. The molecule has 5 heteroatoms. The predicted octanol–water partition coefficient (Wildman–Crippen LogP) is 2.40. The fraction of sp³-hybridized carbons (Fsp3) is 0.250. The average Bonchev–Trinajstić information content (AvgIpc) is 2.60. The van der Waals surface area contributed by atoms with Crippen LogP contribution >= 0.6 is 0 Å². The van der Waals surface area contributed by atoms with Crippen molar-refractivity contribution in [1.29, 1.82) is 10.5 Å². The minimum atomic E-state index is -1.03. The van der Waals surface area contributed by atoms with Crippen molar-refractivity contribution in [3.63, 3.8) is 0 Å². The van der Waals surface area contributed by atoms with Crippen molar-refractivity contribution in [3.8, 4) is 12.1 Å². The molecule has 2 rings (SSSR count). The smallest absolute Gasteiger partial charge is 0.154 e. The Morgan fingerprint density at radius 2 is 2.00 bits per heavy atom. The van der Waals surface area contributed by atoms with E-state index in [-0.39, 0.29) is 35.3 Å². The molecule has 0 heterocycles. The van der Waals surface area contributed by atoms with Gasteiger partial charge in [-0.2, -0.15) is 10.5 Å². The van der Waals surface area contributed by atoms with E-state index in [1.54, 1.807) is 12.1 Å². The van der Waals surface area contributed by atoms with Crippen LogP contribution in [0.1, 0.15) is 12.8 Å². The molecule has 1 saturated carbocycles. The van der Waals surface area contributed by atoms with Gasteiger partial charge < -0.3 is 0 Å². The minimum Gasteiger partial charge on any atom is -0.299 e. The van der Waals surface area contributed by atoms with Gasteiger partial charge >= 0.3 is 0 Å². The number of hydrogen-bond donors (Lipinski definition) is 0. The molecule has 0 aromatic heterocycles. The number of carbonyl (C=O) groups excluding carboxylic acids is 1. The maximum absolute atomic E-state index is 13.1. The summed E-state index contributed by atoms with van der Waals surface area (Å²) in [6, 6.07) is 3.33. The molecular formula is C12H6F2N2O. The summed E-state index contributed by atoms with van der Waals surface area (Å²) < 4.78 is 26.2. The molecule has 0 N–H and O–H groups in total. The number of rotatable bonds is 0. The van der Waals surface area contributed by atoms with Crippen LogP contribution in [-0.4, -0.2) is 5.78 Å². The number of Topliss-reactive ketones (excluding diaryl/α,β-unsaturated/α-hetero) is 1. The van der Waals surface area contributed by atoms with Crippen LogP contribution in [0, 0.1) is 28.6 Å². The zero-order valence-corrected chi connectivity index (χ0v) is 8.63. The Morgan fingerprint density at radius 3 is 2.59 bits per heavy atom. The third-order valence-electron chi connectivity index (χ3n) is 2.91. The highest BCUT2D eigenvalue weighted by Gasteiger charge is 2.39. The van der Waals surface area contributed by atoms with Crippen molar-refractivity contribution in [2.24, 2.45) is 5.92 Å². The van der Waals surface area contributed by atoms with E-state index in [1.165, 1.54) is 0 Å². The molecule has 84 valence electrons. The van der Waals surface area contributed by atoms with Gasteiger partial charge in [0.05, 0.1) is 0 Å². The van der Waals surface area contributed by atoms with E-state index in [0.717, 1.165) is 6.08 Å². The number of carbonyl (C=O) groups is 1. The number of fused-ring (bicyclic) bond motifs is 1. The van der Waals surface area contributed by atoms with Gasteiger partial charge in [-0.25, -0.2) is 8.78 Å². The molecule has 0 spiro atoms. The van der Waals surface area contributed by atoms with Crippen LogP contribution in [0.4, 0.5) is 8.78 Å². The first-order valence-electron chi connectivity index (χ1n) is 4.90. The van der Waals surface area contributed by atoms with E-state index < -0.39 is 17.6 Å². The first-order valence-corrected chi connectivity index (χ1v) is 4.90. The highest BCUT2D eigenvalue weighted by atomic mass is 19.2. The Morgan fingerprint density at radius 1 is 1.35 bits per heavy atom. The van der Waals surface area contributed by atoms with Gasteiger partial charge in [0.1, 0.15) is 29.3 Å². The zero-order valence-electron chi connectivity index (χ0n) is 8.63. The van der Waals surface area contributed by atoms with Crippen molar-refractivity contribution in [2.75, 3.05) is 0 Å². The van der Waals surface area contributed by atoms with E-state index in [9.17, 15) is 13.6 Å². The molecule has 2 aliphatic carbocycles. The van der Waals surface area contributed by atoms with Gasteiger partial charge in [0.15, 0.2) is 5.83 Å². The summed E-state index contributed by atoms with van der Waals surface area (Å²) in [6.07, 6.45) is 0.496. The summed E-state index contributed by atoms with van der Waals surface area (Å²) in [4.78, 5) is 11.6. The summed E-state index contributed by atoms with van der Waals surface area (Å²) in [5.74, 6) is -3.01. The van der Waals surface area contributed by atoms with Gasteiger partial charge in [0.25, 0.3) is 0 Å². The summed E-state index contributed by atoms with van der Waals surface area (Å²) >= 11 is 0. The minimum absolute atomic E-state index is 0.104. The maximum Gasteiger partial charge on any atom is 0.154 e. The fourth-order valence-corrected chi connectivity index (χ4v) is 2.08. The standard InChI is InChI=1S/C12H6F2N2O/c13-10-1-8-7(6(4-15)5-16)3-12(17)9(8)2-11(10)14/h1,9H,2-3H2. The molecule has 1 atom stereocenters. The predicted molar refractivity (Wildman–Crippen MR) is 53.3 cm³/mol. The van der Waals surface area contributed by atoms with Crippen molar-refractivity contribution in [2.45, 2.75) is 12.8 Å². The van der Waals surface area contributed by atoms with Crippen LogP contribution in [0.25, 0.3) is 0 Å². The monoisotopic (exact) mass is 232 g/mol. The lowest BCUT2D eigenvalue weighted by Crippen LogP contribution is -2.11. The number of hydrogen-bond acceptors (Lipinski definition) is 3. The van der Waals surface area contributed by atoms with Crippen molar-refractivity contribution < 1.29 is 13.6 Å².